The predicted molar refractivity (Wildman–Crippen MR) is 154 cm³/mol. The Morgan fingerprint density at radius 2 is 1.68 bits per heavy atom. The monoisotopic (exact) mass is 596 g/mol. The minimum Gasteiger partial charge on any atom is -0.441 e. The smallest absolute Gasteiger partial charge is 0.421 e. The van der Waals surface area contributed by atoms with Gasteiger partial charge >= 0.3 is 6.09 Å². The van der Waals surface area contributed by atoms with Crippen LogP contribution in [0.25, 0.3) is 0 Å². The summed E-state index contributed by atoms with van der Waals surface area (Å²) < 4.78 is 58.3. The van der Waals surface area contributed by atoms with Gasteiger partial charge in [0.1, 0.15) is 24.4 Å². The molecule has 4 rings (SSSR count). The van der Waals surface area contributed by atoms with E-state index >= 15 is 0 Å². The van der Waals surface area contributed by atoms with E-state index in [0.717, 1.165) is 38.8 Å². The van der Waals surface area contributed by atoms with Gasteiger partial charge in [-0.2, -0.15) is 0 Å². The summed E-state index contributed by atoms with van der Waals surface area (Å²) in [5.41, 5.74) is 0. The lowest BCUT2D eigenvalue weighted by molar-refractivity contribution is -0.230. The molecule has 0 radical (unpaired) electrons. The first-order chi connectivity index (χ1) is 19.7. The molecular weight excluding hydrogens is 548 g/mol. The van der Waals surface area contributed by atoms with E-state index in [9.17, 15) is 13.2 Å². The molecule has 3 aliphatic heterocycles. The van der Waals surface area contributed by atoms with Gasteiger partial charge in [-0.3, -0.25) is 4.90 Å². The molecule has 5 atom stereocenters. The van der Waals surface area contributed by atoms with Gasteiger partial charge in [0.05, 0.1) is 4.90 Å². The number of ether oxygens (including phenoxy) is 5. The van der Waals surface area contributed by atoms with Crippen LogP contribution >= 0.6 is 0 Å². The molecule has 1 N–H and O–H groups in total. The minimum absolute atomic E-state index is 0.0182. The van der Waals surface area contributed by atoms with Crippen LogP contribution in [0.2, 0.25) is 0 Å². The molecule has 1 aromatic carbocycles. The number of hydrogen-bond donors (Lipinski definition) is 1. The highest BCUT2D eigenvalue weighted by Crippen LogP contribution is 2.40. The number of sulfonamides is 1. The largest absolute Gasteiger partial charge is 0.441 e. The zero-order valence-corrected chi connectivity index (χ0v) is 25.6. The zero-order valence-electron chi connectivity index (χ0n) is 24.8. The van der Waals surface area contributed by atoms with Gasteiger partial charge in [0.25, 0.3) is 10.0 Å². The van der Waals surface area contributed by atoms with Crippen LogP contribution in [-0.2, 0) is 33.7 Å². The Hall–Kier alpha value is -1.76. The van der Waals surface area contributed by atoms with Gasteiger partial charge in [-0.1, -0.05) is 70.1 Å². The number of hydrogen-bond acceptors (Lipinski definition) is 9. The number of fused-ring (bicyclic) bond motifs is 1. The number of benzene rings is 1. The fourth-order valence-corrected chi connectivity index (χ4v) is 6.71. The number of rotatable bonds is 16. The third-order valence-corrected chi connectivity index (χ3v) is 9.20. The Kier molecular flexibility index (Phi) is 11.9. The van der Waals surface area contributed by atoms with Crippen molar-refractivity contribution in [1.29, 1.82) is 0 Å². The molecule has 232 valence electrons. The van der Waals surface area contributed by atoms with Gasteiger partial charge in [0.2, 0.25) is 0 Å². The second-order valence-corrected chi connectivity index (χ2v) is 13.4. The molecule has 3 aliphatic rings. The molecule has 0 aliphatic carbocycles. The van der Waals surface area contributed by atoms with Gasteiger partial charge in [-0.25, -0.2) is 17.9 Å². The van der Waals surface area contributed by atoms with Gasteiger partial charge in [0.15, 0.2) is 12.1 Å². The normalized spacial score (nSPS) is 26.6. The van der Waals surface area contributed by atoms with Crippen LogP contribution < -0.4 is 4.72 Å². The maximum atomic E-state index is 13.0. The first-order valence-electron chi connectivity index (χ1n) is 15.3. The Balaban J connectivity index is 1.41. The van der Waals surface area contributed by atoms with Crippen molar-refractivity contribution in [2.24, 2.45) is 0 Å². The number of carbonyl (C=O) groups excluding carboxylic acids is 1. The molecule has 0 aromatic heterocycles. The molecule has 1 unspecified atom stereocenters. The van der Waals surface area contributed by atoms with Crippen LogP contribution in [0.3, 0.4) is 0 Å². The highest BCUT2D eigenvalue weighted by Gasteiger charge is 2.58. The fourth-order valence-electron chi connectivity index (χ4n) is 5.81. The standard InChI is InChI=1S/C30H48N2O8S/c1-4-5-6-7-8-9-10-16-21-36-26-25(38-28-27(26)39-30(2,3)40-28)24(22-32-19-14-15-20-32)37-29(33)31-41(34,35)23-17-12-11-13-18-23/h11-13,17-18,24-28H,4-10,14-16,19-22H2,1-3H3,(H,31,33)/t24?,25-,26+,27-,28-/m1/s1. The Labute approximate surface area is 245 Å². The topological polar surface area (TPSA) is 113 Å². The summed E-state index contributed by atoms with van der Waals surface area (Å²) in [5.74, 6) is -0.827. The molecule has 10 nitrogen and oxygen atoms in total. The van der Waals surface area contributed by atoms with Crippen LogP contribution in [0.1, 0.15) is 85.0 Å². The second kappa shape index (κ2) is 15.1. The zero-order chi connectivity index (χ0) is 29.3. The summed E-state index contributed by atoms with van der Waals surface area (Å²) in [7, 11) is -4.09. The van der Waals surface area contributed by atoms with Crippen molar-refractivity contribution >= 4 is 16.1 Å². The predicted octanol–water partition coefficient (Wildman–Crippen LogP) is 4.97. The third-order valence-electron chi connectivity index (χ3n) is 7.87. The quantitative estimate of drug-likeness (QED) is 0.264. The van der Waals surface area contributed by atoms with Gasteiger partial charge in [0, 0.05) is 13.2 Å². The average molecular weight is 597 g/mol. The molecule has 1 amide bonds. The summed E-state index contributed by atoms with van der Waals surface area (Å²) in [6.45, 7) is 8.54. The van der Waals surface area contributed by atoms with Crippen molar-refractivity contribution in [3.8, 4) is 0 Å². The lowest BCUT2D eigenvalue weighted by Crippen LogP contribution is -2.50. The highest BCUT2D eigenvalue weighted by atomic mass is 32.2. The Morgan fingerprint density at radius 3 is 2.37 bits per heavy atom. The Bertz CT molecular complexity index is 1050. The maximum absolute atomic E-state index is 13.0. The van der Waals surface area contributed by atoms with Crippen molar-refractivity contribution in [3.05, 3.63) is 30.3 Å². The number of amides is 1. The van der Waals surface area contributed by atoms with E-state index in [4.69, 9.17) is 23.7 Å². The van der Waals surface area contributed by atoms with Crippen molar-refractivity contribution in [3.63, 3.8) is 0 Å². The molecule has 11 heteroatoms. The maximum Gasteiger partial charge on any atom is 0.421 e. The molecular formula is C30H48N2O8S. The minimum atomic E-state index is -4.09. The van der Waals surface area contributed by atoms with Gasteiger partial charge in [-0.05, 0) is 58.3 Å². The fraction of sp³-hybridized carbons (Fsp3) is 0.767. The Morgan fingerprint density at radius 1 is 1.02 bits per heavy atom. The van der Waals surface area contributed by atoms with Crippen LogP contribution in [0.5, 0.6) is 0 Å². The summed E-state index contributed by atoms with van der Waals surface area (Å²) in [5, 5.41) is 0. The van der Waals surface area contributed by atoms with Crippen LogP contribution in [0.4, 0.5) is 4.79 Å². The molecule has 0 saturated carbocycles. The van der Waals surface area contributed by atoms with E-state index in [-0.39, 0.29) is 4.90 Å². The second-order valence-electron chi connectivity index (χ2n) is 11.7. The van der Waals surface area contributed by atoms with Gasteiger partial charge in [-0.15, -0.1) is 0 Å². The summed E-state index contributed by atoms with van der Waals surface area (Å²) in [6.07, 6.45) is 7.41. The highest BCUT2D eigenvalue weighted by molar-refractivity contribution is 7.90. The van der Waals surface area contributed by atoms with E-state index in [0.29, 0.717) is 13.2 Å². The van der Waals surface area contributed by atoms with Crippen molar-refractivity contribution in [2.75, 3.05) is 26.2 Å². The van der Waals surface area contributed by atoms with Gasteiger partial charge < -0.3 is 23.7 Å². The SMILES string of the molecule is CCCCCCCCCCO[C@@H]1[C@H]2OC(C)(C)O[C@H]2O[C@@H]1C(CN1CCCC1)OC(=O)NS(=O)(=O)c1ccccc1. The number of unbranched alkanes of at least 4 members (excludes halogenated alkanes) is 7. The van der Waals surface area contributed by atoms with E-state index < -0.39 is 52.6 Å². The van der Waals surface area contributed by atoms with Crippen molar-refractivity contribution in [1.82, 2.24) is 9.62 Å². The number of nitrogens with zero attached hydrogens (tertiary/aromatic N) is 1. The van der Waals surface area contributed by atoms with Crippen molar-refractivity contribution < 1.29 is 36.9 Å². The number of carbonyl (C=O) groups is 1. The average Bonchev–Trinajstić information content (AvgIpc) is 3.63. The summed E-state index contributed by atoms with van der Waals surface area (Å²) >= 11 is 0. The lowest BCUT2D eigenvalue weighted by atomic mass is 10.0. The summed E-state index contributed by atoms with van der Waals surface area (Å²) in [4.78, 5) is 15.1. The first kappa shape index (κ1) is 32.2. The van der Waals surface area contributed by atoms with E-state index in [1.54, 1.807) is 18.2 Å². The van der Waals surface area contributed by atoms with Crippen LogP contribution in [0.15, 0.2) is 35.2 Å². The molecule has 3 saturated heterocycles. The molecule has 3 fully saturated rings. The lowest BCUT2D eigenvalue weighted by Gasteiger charge is -2.32. The van der Waals surface area contributed by atoms with E-state index in [1.165, 1.54) is 50.7 Å². The molecule has 0 bridgehead atoms. The summed E-state index contributed by atoms with van der Waals surface area (Å²) in [6, 6.07) is 7.74. The number of nitrogens with one attached hydrogen (secondary N) is 1. The number of likely N-dealkylation sites (tertiary alicyclic amines) is 1. The van der Waals surface area contributed by atoms with E-state index in [1.807, 2.05) is 18.6 Å². The third kappa shape index (κ3) is 9.36. The molecule has 0 spiro atoms. The van der Waals surface area contributed by atoms with Crippen molar-refractivity contribution in [2.45, 2.75) is 126 Å². The van der Waals surface area contributed by atoms with Crippen LogP contribution in [-0.4, -0.2) is 82.1 Å². The molecule has 3 heterocycles. The first-order valence-corrected chi connectivity index (χ1v) is 16.8. The van der Waals surface area contributed by atoms with E-state index in [2.05, 4.69) is 11.8 Å². The van der Waals surface area contributed by atoms with Crippen LogP contribution in [0, 0.1) is 0 Å². The molecule has 41 heavy (non-hydrogen) atoms. The molecule has 1 aromatic rings.